The fourth-order valence-electron chi connectivity index (χ4n) is 0.938. The first-order chi connectivity index (χ1) is 5.54. The average molecular weight is 239 g/mol. The molecule has 0 aliphatic carbocycles. The second-order valence-corrected chi connectivity index (χ2v) is 10.3. The van der Waals surface area contributed by atoms with Crippen LogP contribution in [0.2, 0.25) is 0 Å². The normalized spacial score (nSPS) is 11.6. The van der Waals surface area contributed by atoms with Gasteiger partial charge in [0.2, 0.25) is 0 Å². The van der Waals surface area contributed by atoms with E-state index in [9.17, 15) is 0 Å². The molecule has 4 heteroatoms. The van der Waals surface area contributed by atoms with Gasteiger partial charge in [0.05, 0.1) is 0 Å². The van der Waals surface area contributed by atoms with Crippen LogP contribution in [0, 0.1) is 0 Å². The first-order valence-corrected chi connectivity index (χ1v) is 8.24. The van der Waals surface area contributed by atoms with E-state index < -0.39 is 4.74 Å². The highest BCUT2D eigenvalue weighted by Gasteiger charge is 2.11. The predicted molar refractivity (Wildman–Crippen MR) is 61.4 cm³/mol. The van der Waals surface area contributed by atoms with Crippen molar-refractivity contribution in [2.75, 3.05) is 0 Å². The molecule has 0 N–H and O–H groups in total. The van der Waals surface area contributed by atoms with E-state index in [4.69, 9.17) is 34.3 Å². The van der Waals surface area contributed by atoms with Gasteiger partial charge in [-0.05, 0) is 18.1 Å². The van der Waals surface area contributed by atoms with Crippen LogP contribution in [-0.4, -0.2) is 0 Å². The Kier molecular flexibility index (Phi) is 3.60. The van der Waals surface area contributed by atoms with E-state index in [1.807, 2.05) is 24.3 Å². The van der Waals surface area contributed by atoms with E-state index in [1.54, 1.807) is 0 Å². The lowest BCUT2D eigenvalue weighted by atomic mass is 10.2. The van der Waals surface area contributed by atoms with Crippen molar-refractivity contribution in [1.82, 2.24) is 0 Å². The van der Waals surface area contributed by atoms with Crippen LogP contribution in [0.5, 0.6) is 0 Å². The van der Waals surface area contributed by atoms with E-state index >= 15 is 0 Å². The number of hydrogen-bond donors (Lipinski definition) is 0. The number of rotatable bonds is 2. The van der Waals surface area contributed by atoms with Gasteiger partial charge in [0.15, 0.2) is 0 Å². The average Bonchev–Trinajstić information content (AvgIpc) is 2.03. The lowest BCUT2D eigenvalue weighted by Gasteiger charge is -2.06. The summed E-state index contributed by atoms with van der Waals surface area (Å²) in [6.45, 7) is 2.09. The molecule has 0 atom stereocenters. The zero-order chi connectivity index (χ0) is 9.19. The first kappa shape index (κ1) is 10.5. The summed E-state index contributed by atoms with van der Waals surface area (Å²) in [6.07, 6.45) is 0.983. The Morgan fingerprint density at radius 2 is 2.08 bits per heavy atom. The van der Waals surface area contributed by atoms with Gasteiger partial charge in [-0.25, -0.2) is 0 Å². The maximum Gasteiger partial charge on any atom is 0.147 e. The highest BCUT2D eigenvalue weighted by molar-refractivity contribution is 8.42. The van der Waals surface area contributed by atoms with E-state index in [-0.39, 0.29) is 0 Å². The Balaban J connectivity index is 3.11. The molecule has 1 aromatic rings. The maximum absolute atomic E-state index is 5.88. The molecule has 0 spiro atoms. The zero-order valence-corrected chi connectivity index (χ0v) is 9.85. The van der Waals surface area contributed by atoms with Crippen molar-refractivity contribution in [1.29, 1.82) is 0 Å². The van der Waals surface area contributed by atoms with Crippen molar-refractivity contribution in [3.8, 4) is 0 Å². The number of aryl methyl sites for hydroxylation is 1. The quantitative estimate of drug-likeness (QED) is 0.709. The van der Waals surface area contributed by atoms with Gasteiger partial charge in [0.25, 0.3) is 0 Å². The minimum absolute atomic E-state index is 0.889. The van der Waals surface area contributed by atoms with Crippen molar-refractivity contribution in [3.05, 3.63) is 29.8 Å². The van der Waals surface area contributed by atoms with Gasteiger partial charge in [0, 0.05) is 5.30 Å². The molecule has 0 aliphatic rings. The fourth-order valence-corrected chi connectivity index (χ4v) is 2.49. The molecular formula is C8H9Cl2PS. The Labute approximate surface area is 87.5 Å². The molecule has 0 fully saturated rings. The molecule has 0 bridgehead atoms. The molecule has 1 rings (SSSR count). The minimum atomic E-state index is -2.28. The zero-order valence-electron chi connectivity index (χ0n) is 6.63. The molecule has 66 valence electrons. The smallest absolute Gasteiger partial charge is 0.0633 e. The second kappa shape index (κ2) is 4.11. The van der Waals surface area contributed by atoms with Crippen LogP contribution >= 0.6 is 27.2 Å². The summed E-state index contributed by atoms with van der Waals surface area (Å²) in [5, 5.41) is 0.889. The molecule has 0 radical (unpaired) electrons. The molecule has 0 heterocycles. The lowest BCUT2D eigenvalue weighted by molar-refractivity contribution is 1.14. The molecule has 0 nitrogen and oxygen atoms in total. The predicted octanol–water partition coefficient (Wildman–Crippen LogP) is 3.66. The summed E-state index contributed by atoms with van der Waals surface area (Å²) in [4.78, 5) is 0. The molecule has 0 aromatic heterocycles. The highest BCUT2D eigenvalue weighted by atomic mass is 35.9. The minimum Gasteiger partial charge on any atom is -0.0633 e. The van der Waals surface area contributed by atoms with E-state index in [0.717, 1.165) is 11.7 Å². The Morgan fingerprint density at radius 3 is 2.58 bits per heavy atom. The Hall–Kier alpha value is 0.450. The number of benzene rings is 1. The monoisotopic (exact) mass is 238 g/mol. The van der Waals surface area contributed by atoms with Gasteiger partial charge < -0.3 is 0 Å². The third-order valence-corrected chi connectivity index (χ3v) is 4.30. The second-order valence-electron chi connectivity index (χ2n) is 2.49. The van der Waals surface area contributed by atoms with Crippen molar-refractivity contribution < 1.29 is 0 Å². The van der Waals surface area contributed by atoms with E-state index in [2.05, 4.69) is 6.92 Å². The van der Waals surface area contributed by atoms with Crippen LogP contribution in [0.15, 0.2) is 24.3 Å². The molecule has 0 amide bonds. The van der Waals surface area contributed by atoms with Crippen molar-refractivity contribution in [3.63, 3.8) is 0 Å². The van der Waals surface area contributed by atoms with Gasteiger partial charge in [0.1, 0.15) is 4.74 Å². The van der Waals surface area contributed by atoms with Crippen LogP contribution < -0.4 is 5.30 Å². The number of hydrogen-bond acceptors (Lipinski definition) is 1. The molecule has 0 saturated carbocycles. The van der Waals surface area contributed by atoms with Crippen molar-refractivity contribution in [2.24, 2.45) is 0 Å². The van der Waals surface area contributed by atoms with Crippen LogP contribution in [0.3, 0.4) is 0 Å². The molecule has 1 aromatic carbocycles. The third kappa shape index (κ3) is 2.74. The summed E-state index contributed by atoms with van der Waals surface area (Å²) in [5.41, 5.74) is 1.23. The van der Waals surface area contributed by atoms with Gasteiger partial charge in [-0.1, -0.05) is 59.4 Å². The van der Waals surface area contributed by atoms with E-state index in [1.165, 1.54) is 5.56 Å². The third-order valence-electron chi connectivity index (χ3n) is 1.62. The number of halogens is 2. The standard InChI is InChI=1S/C8H9Cl2PS/c1-2-7-4-3-5-8(6-7)11(9,10)12/h3-6H,2H2,1H3. The summed E-state index contributed by atoms with van der Waals surface area (Å²) >= 11 is 16.8. The molecule has 0 unspecified atom stereocenters. The molecular weight excluding hydrogens is 230 g/mol. The van der Waals surface area contributed by atoms with Crippen molar-refractivity contribution >= 4 is 44.3 Å². The van der Waals surface area contributed by atoms with Gasteiger partial charge >= 0.3 is 0 Å². The summed E-state index contributed by atoms with van der Waals surface area (Å²) < 4.78 is -2.28. The van der Waals surface area contributed by atoms with Crippen LogP contribution in [0.1, 0.15) is 12.5 Å². The summed E-state index contributed by atoms with van der Waals surface area (Å²) in [7, 11) is 0. The maximum atomic E-state index is 5.88. The van der Waals surface area contributed by atoms with Crippen LogP contribution in [0.4, 0.5) is 0 Å². The largest absolute Gasteiger partial charge is 0.147 e. The lowest BCUT2D eigenvalue weighted by Crippen LogP contribution is -1.97. The van der Waals surface area contributed by atoms with Crippen molar-refractivity contribution in [2.45, 2.75) is 13.3 Å². The molecule has 0 saturated heterocycles. The highest BCUT2D eigenvalue weighted by Crippen LogP contribution is 2.55. The SMILES string of the molecule is CCc1cccc(P(=S)(Cl)Cl)c1. The van der Waals surface area contributed by atoms with Gasteiger partial charge in [-0.15, -0.1) is 0 Å². The van der Waals surface area contributed by atoms with E-state index in [0.29, 0.717) is 0 Å². The van der Waals surface area contributed by atoms with Gasteiger partial charge in [-0.3, -0.25) is 0 Å². The Morgan fingerprint density at radius 1 is 1.42 bits per heavy atom. The van der Waals surface area contributed by atoms with Crippen LogP contribution in [0.25, 0.3) is 0 Å². The van der Waals surface area contributed by atoms with Gasteiger partial charge in [-0.2, -0.15) is 0 Å². The van der Waals surface area contributed by atoms with Crippen LogP contribution in [-0.2, 0) is 18.2 Å². The molecule has 12 heavy (non-hydrogen) atoms. The first-order valence-electron chi connectivity index (χ1n) is 3.63. The topological polar surface area (TPSA) is 0 Å². The summed E-state index contributed by atoms with van der Waals surface area (Å²) in [5.74, 6) is 0. The molecule has 0 aliphatic heterocycles. The Bertz CT molecular complexity index is 319. The summed E-state index contributed by atoms with van der Waals surface area (Å²) in [6, 6.07) is 7.86. The fraction of sp³-hybridized carbons (Fsp3) is 0.250.